The molecule has 0 radical (unpaired) electrons. The van der Waals surface area contributed by atoms with Gasteiger partial charge in [-0.3, -0.25) is 9.69 Å². The molecule has 1 N–H and O–H groups in total. The number of imide groups is 1. The molecule has 0 spiro atoms. The highest BCUT2D eigenvalue weighted by Crippen LogP contribution is 2.27. The van der Waals surface area contributed by atoms with Gasteiger partial charge < -0.3 is 9.88 Å². The number of hydrogen-bond acceptors (Lipinski definition) is 4. The molecular formula is C19H17ClN4O2S. The van der Waals surface area contributed by atoms with E-state index >= 15 is 0 Å². The average Bonchev–Trinajstić information content (AvgIpc) is 3.16. The number of urea groups is 1. The van der Waals surface area contributed by atoms with Gasteiger partial charge in [0.15, 0.2) is 5.16 Å². The Balaban J connectivity index is 1.58. The van der Waals surface area contributed by atoms with Crippen molar-refractivity contribution < 1.29 is 9.59 Å². The summed E-state index contributed by atoms with van der Waals surface area (Å²) in [6.45, 7) is 1.11. The molecule has 0 unspecified atom stereocenters. The molecular weight excluding hydrogens is 384 g/mol. The SMILES string of the molecule is O=C1CNC(=O)N1CCSc1nc2cc(Cl)ccc2n1Cc1ccccc1. The number of carbonyl (C=O) groups is 2. The van der Waals surface area contributed by atoms with Gasteiger partial charge >= 0.3 is 6.03 Å². The summed E-state index contributed by atoms with van der Waals surface area (Å²) in [5.74, 6) is 0.385. The van der Waals surface area contributed by atoms with Crippen LogP contribution in [0.3, 0.4) is 0 Å². The van der Waals surface area contributed by atoms with Crippen LogP contribution in [0.4, 0.5) is 4.79 Å². The lowest BCUT2D eigenvalue weighted by molar-refractivity contribution is -0.124. The number of halogens is 1. The highest BCUT2D eigenvalue weighted by atomic mass is 35.5. The van der Waals surface area contributed by atoms with Gasteiger partial charge in [0.05, 0.1) is 24.1 Å². The molecule has 1 aromatic heterocycles. The third-order valence-electron chi connectivity index (χ3n) is 4.34. The Bertz CT molecular complexity index is 990. The van der Waals surface area contributed by atoms with Crippen molar-refractivity contribution in [2.75, 3.05) is 18.8 Å². The molecule has 138 valence electrons. The van der Waals surface area contributed by atoms with E-state index in [1.54, 1.807) is 0 Å². The van der Waals surface area contributed by atoms with Crippen LogP contribution in [0.2, 0.25) is 5.02 Å². The van der Waals surface area contributed by atoms with Gasteiger partial charge in [-0.2, -0.15) is 0 Å². The number of imidazole rings is 1. The summed E-state index contributed by atoms with van der Waals surface area (Å²) < 4.78 is 2.14. The van der Waals surface area contributed by atoms with Gasteiger partial charge in [-0.05, 0) is 23.8 Å². The number of thioether (sulfide) groups is 1. The van der Waals surface area contributed by atoms with Crippen molar-refractivity contribution in [1.29, 1.82) is 0 Å². The van der Waals surface area contributed by atoms with E-state index in [9.17, 15) is 9.59 Å². The minimum Gasteiger partial charge on any atom is -0.329 e. The zero-order chi connectivity index (χ0) is 18.8. The van der Waals surface area contributed by atoms with E-state index in [2.05, 4.69) is 22.0 Å². The summed E-state index contributed by atoms with van der Waals surface area (Å²) in [5, 5.41) is 4.01. The zero-order valence-corrected chi connectivity index (χ0v) is 16.0. The van der Waals surface area contributed by atoms with Crippen LogP contribution in [0.1, 0.15) is 5.56 Å². The van der Waals surface area contributed by atoms with Crippen LogP contribution in [0.15, 0.2) is 53.7 Å². The summed E-state index contributed by atoms with van der Waals surface area (Å²) in [6, 6.07) is 15.5. The van der Waals surface area contributed by atoms with E-state index in [1.807, 2.05) is 36.4 Å². The molecule has 0 saturated carbocycles. The molecule has 4 rings (SSSR count). The number of amides is 3. The minimum atomic E-state index is -0.329. The maximum Gasteiger partial charge on any atom is 0.324 e. The van der Waals surface area contributed by atoms with Crippen LogP contribution in [0.5, 0.6) is 0 Å². The van der Waals surface area contributed by atoms with E-state index in [1.165, 1.54) is 22.2 Å². The molecule has 0 aliphatic carbocycles. The van der Waals surface area contributed by atoms with Crippen molar-refractivity contribution in [3.05, 3.63) is 59.1 Å². The number of nitrogens with zero attached hydrogens (tertiary/aromatic N) is 3. The van der Waals surface area contributed by atoms with Crippen molar-refractivity contribution in [2.45, 2.75) is 11.7 Å². The Kier molecular flexibility index (Phi) is 5.05. The smallest absolute Gasteiger partial charge is 0.324 e. The van der Waals surface area contributed by atoms with Crippen molar-refractivity contribution in [3.8, 4) is 0 Å². The fraction of sp³-hybridized carbons (Fsp3) is 0.211. The standard InChI is InChI=1S/C19H17ClN4O2S/c20-14-6-7-16-15(10-14)22-19(24(16)12-13-4-2-1-3-5-13)27-9-8-23-17(25)11-21-18(23)26/h1-7,10H,8-9,11-12H2,(H,21,26). The number of benzene rings is 2. The topological polar surface area (TPSA) is 67.2 Å². The number of aromatic nitrogens is 2. The summed E-state index contributed by atoms with van der Waals surface area (Å²) in [5.41, 5.74) is 3.00. The largest absolute Gasteiger partial charge is 0.329 e. The van der Waals surface area contributed by atoms with Crippen LogP contribution in [-0.4, -0.2) is 45.2 Å². The normalized spacial score (nSPS) is 14.2. The highest BCUT2D eigenvalue weighted by molar-refractivity contribution is 7.99. The van der Waals surface area contributed by atoms with E-state index in [0.717, 1.165) is 16.2 Å². The van der Waals surface area contributed by atoms with Gasteiger partial charge in [0.25, 0.3) is 0 Å². The molecule has 8 heteroatoms. The minimum absolute atomic E-state index is 0.0779. The Morgan fingerprint density at radius 3 is 2.70 bits per heavy atom. The van der Waals surface area contributed by atoms with E-state index in [0.29, 0.717) is 23.9 Å². The Morgan fingerprint density at radius 2 is 1.96 bits per heavy atom. The fourth-order valence-corrected chi connectivity index (χ4v) is 4.12. The van der Waals surface area contributed by atoms with Gasteiger partial charge in [-0.1, -0.05) is 53.7 Å². The maximum atomic E-state index is 11.7. The molecule has 0 atom stereocenters. The maximum absolute atomic E-state index is 11.7. The van der Waals surface area contributed by atoms with Crippen molar-refractivity contribution >= 4 is 46.3 Å². The first-order valence-electron chi connectivity index (χ1n) is 8.52. The van der Waals surface area contributed by atoms with E-state index in [-0.39, 0.29) is 18.5 Å². The fourth-order valence-electron chi connectivity index (χ4n) is 3.02. The average molecular weight is 401 g/mol. The van der Waals surface area contributed by atoms with Crippen LogP contribution >= 0.6 is 23.4 Å². The number of nitrogens with one attached hydrogen (secondary N) is 1. The number of rotatable bonds is 6. The van der Waals surface area contributed by atoms with Crippen LogP contribution in [0, 0.1) is 0 Å². The van der Waals surface area contributed by atoms with Gasteiger partial charge in [0, 0.05) is 17.3 Å². The van der Waals surface area contributed by atoms with Crippen LogP contribution in [0.25, 0.3) is 11.0 Å². The van der Waals surface area contributed by atoms with Gasteiger partial charge in [0.1, 0.15) is 0 Å². The summed E-state index contributed by atoms with van der Waals surface area (Å²) in [4.78, 5) is 29.3. The van der Waals surface area contributed by atoms with E-state index < -0.39 is 0 Å². The van der Waals surface area contributed by atoms with Gasteiger partial charge in [0.2, 0.25) is 5.91 Å². The molecule has 3 amide bonds. The molecule has 1 aliphatic rings. The van der Waals surface area contributed by atoms with Crippen molar-refractivity contribution in [2.24, 2.45) is 0 Å². The molecule has 1 saturated heterocycles. The first-order valence-corrected chi connectivity index (χ1v) is 9.89. The van der Waals surface area contributed by atoms with Crippen molar-refractivity contribution in [1.82, 2.24) is 19.8 Å². The lowest BCUT2D eigenvalue weighted by Crippen LogP contribution is -2.32. The van der Waals surface area contributed by atoms with Crippen molar-refractivity contribution in [3.63, 3.8) is 0 Å². The lowest BCUT2D eigenvalue weighted by Gasteiger charge is -2.12. The summed E-state index contributed by atoms with van der Waals surface area (Å²) in [6.07, 6.45) is 0. The zero-order valence-electron chi connectivity index (χ0n) is 14.4. The Morgan fingerprint density at radius 1 is 1.15 bits per heavy atom. The van der Waals surface area contributed by atoms with Crippen LogP contribution < -0.4 is 5.32 Å². The molecule has 3 aromatic rings. The summed E-state index contributed by atoms with van der Waals surface area (Å²) in [7, 11) is 0. The monoisotopic (exact) mass is 400 g/mol. The first-order chi connectivity index (χ1) is 13.1. The molecule has 0 bridgehead atoms. The van der Waals surface area contributed by atoms with Crippen LogP contribution in [-0.2, 0) is 11.3 Å². The lowest BCUT2D eigenvalue weighted by atomic mass is 10.2. The number of fused-ring (bicyclic) bond motifs is 1. The molecule has 6 nitrogen and oxygen atoms in total. The second-order valence-electron chi connectivity index (χ2n) is 6.15. The number of hydrogen-bond donors (Lipinski definition) is 1. The predicted octanol–water partition coefficient (Wildman–Crippen LogP) is 3.38. The Hall–Kier alpha value is -2.51. The molecule has 2 aromatic carbocycles. The third-order valence-corrected chi connectivity index (χ3v) is 5.53. The highest BCUT2D eigenvalue weighted by Gasteiger charge is 2.27. The first kappa shape index (κ1) is 17.9. The molecule has 2 heterocycles. The second kappa shape index (κ2) is 7.62. The molecule has 1 fully saturated rings. The Labute approximate surface area is 165 Å². The van der Waals surface area contributed by atoms with Gasteiger partial charge in [-0.25, -0.2) is 9.78 Å². The quantitative estimate of drug-likeness (QED) is 0.508. The summed E-state index contributed by atoms with van der Waals surface area (Å²) >= 11 is 7.64. The van der Waals surface area contributed by atoms with E-state index in [4.69, 9.17) is 16.6 Å². The molecule has 1 aliphatic heterocycles. The van der Waals surface area contributed by atoms with Gasteiger partial charge in [-0.15, -0.1) is 0 Å². The second-order valence-corrected chi connectivity index (χ2v) is 7.65. The number of carbonyl (C=O) groups excluding carboxylic acids is 2. The predicted molar refractivity (Wildman–Crippen MR) is 106 cm³/mol. The molecule has 27 heavy (non-hydrogen) atoms. The third kappa shape index (κ3) is 3.79.